The Morgan fingerprint density at radius 1 is 1.45 bits per heavy atom. The van der Waals surface area contributed by atoms with Crippen molar-refractivity contribution in [2.24, 2.45) is 11.3 Å². The first kappa shape index (κ1) is 9.82. The Kier molecular flexibility index (Phi) is 3.66. The van der Waals surface area contributed by atoms with E-state index in [9.17, 15) is 0 Å². The fourth-order valence-corrected chi connectivity index (χ4v) is 3.63. The number of hydrogen-bond donors (Lipinski definition) is 0. The van der Waals surface area contributed by atoms with E-state index in [0.717, 1.165) is 11.3 Å². The lowest BCUT2D eigenvalue weighted by Crippen LogP contribution is -2.39. The summed E-state index contributed by atoms with van der Waals surface area (Å²) in [7, 11) is 0. The van der Waals surface area contributed by atoms with Crippen LogP contribution in [0.5, 0.6) is 0 Å². The zero-order valence-electron chi connectivity index (χ0n) is 7.70. The molecule has 1 heteroatoms. The van der Waals surface area contributed by atoms with Crippen LogP contribution in [-0.4, -0.2) is 4.43 Å². The SMILES string of the molecule is CCC1CC[C@@]1(CC)CCI. The van der Waals surface area contributed by atoms with Gasteiger partial charge in [-0.2, -0.15) is 0 Å². The molecule has 0 N–H and O–H groups in total. The highest BCUT2D eigenvalue weighted by molar-refractivity contribution is 14.1. The van der Waals surface area contributed by atoms with Crippen molar-refractivity contribution in [1.82, 2.24) is 0 Å². The topological polar surface area (TPSA) is 0 Å². The van der Waals surface area contributed by atoms with Gasteiger partial charge in [0.25, 0.3) is 0 Å². The molecule has 0 amide bonds. The predicted molar refractivity (Wildman–Crippen MR) is 59.2 cm³/mol. The van der Waals surface area contributed by atoms with E-state index < -0.39 is 0 Å². The van der Waals surface area contributed by atoms with E-state index in [2.05, 4.69) is 36.4 Å². The first-order valence-corrected chi connectivity index (χ1v) is 6.37. The van der Waals surface area contributed by atoms with Gasteiger partial charge in [0.05, 0.1) is 0 Å². The minimum absolute atomic E-state index is 0.774. The van der Waals surface area contributed by atoms with Gasteiger partial charge < -0.3 is 0 Å². The van der Waals surface area contributed by atoms with Crippen LogP contribution in [0.3, 0.4) is 0 Å². The summed E-state index contributed by atoms with van der Waals surface area (Å²) in [5.74, 6) is 1.06. The van der Waals surface area contributed by atoms with Crippen LogP contribution in [-0.2, 0) is 0 Å². The maximum atomic E-state index is 2.52. The summed E-state index contributed by atoms with van der Waals surface area (Å²) in [6.07, 6.45) is 7.29. The van der Waals surface area contributed by atoms with E-state index in [4.69, 9.17) is 0 Å². The Labute approximate surface area is 84.3 Å². The zero-order valence-corrected chi connectivity index (χ0v) is 9.86. The quantitative estimate of drug-likeness (QED) is 0.532. The molecular weight excluding hydrogens is 247 g/mol. The molecule has 66 valence electrons. The fourth-order valence-electron chi connectivity index (χ4n) is 2.55. The monoisotopic (exact) mass is 266 g/mol. The molecule has 0 aliphatic heterocycles. The third-order valence-corrected chi connectivity index (χ3v) is 4.19. The predicted octanol–water partition coefficient (Wildman–Crippen LogP) is 4.03. The number of alkyl halides is 1. The Morgan fingerprint density at radius 3 is 2.45 bits per heavy atom. The maximum Gasteiger partial charge on any atom is 0.0000656 e. The highest BCUT2D eigenvalue weighted by Crippen LogP contribution is 2.53. The normalized spacial score (nSPS) is 36.8. The molecule has 2 atom stereocenters. The van der Waals surface area contributed by atoms with Crippen molar-refractivity contribution >= 4 is 22.6 Å². The number of rotatable bonds is 4. The lowest BCUT2D eigenvalue weighted by Gasteiger charge is -2.49. The summed E-state index contributed by atoms with van der Waals surface area (Å²) in [4.78, 5) is 0. The van der Waals surface area contributed by atoms with Crippen LogP contribution >= 0.6 is 22.6 Å². The van der Waals surface area contributed by atoms with Crippen LogP contribution < -0.4 is 0 Å². The largest absolute Gasteiger partial charge is 0.0864 e. The molecule has 0 radical (unpaired) electrons. The first-order chi connectivity index (χ1) is 5.29. The number of halogens is 1. The van der Waals surface area contributed by atoms with Gasteiger partial charge in [0.1, 0.15) is 0 Å². The molecule has 1 aliphatic rings. The van der Waals surface area contributed by atoms with Crippen LogP contribution in [0, 0.1) is 11.3 Å². The van der Waals surface area contributed by atoms with Crippen LogP contribution in [0.1, 0.15) is 46.0 Å². The fraction of sp³-hybridized carbons (Fsp3) is 1.00. The molecule has 0 spiro atoms. The van der Waals surface area contributed by atoms with E-state index in [1.54, 1.807) is 0 Å². The smallest absolute Gasteiger partial charge is 0.0000656 e. The lowest BCUT2D eigenvalue weighted by atomic mass is 9.56. The van der Waals surface area contributed by atoms with Crippen molar-refractivity contribution in [3.63, 3.8) is 0 Å². The molecule has 1 unspecified atom stereocenters. The van der Waals surface area contributed by atoms with Crippen molar-refractivity contribution in [1.29, 1.82) is 0 Å². The summed E-state index contributed by atoms with van der Waals surface area (Å²) < 4.78 is 1.35. The van der Waals surface area contributed by atoms with Gasteiger partial charge in [0.15, 0.2) is 0 Å². The van der Waals surface area contributed by atoms with E-state index in [1.165, 1.54) is 36.5 Å². The molecule has 0 heterocycles. The summed E-state index contributed by atoms with van der Waals surface area (Å²) >= 11 is 2.52. The molecule has 0 aromatic rings. The van der Waals surface area contributed by atoms with Crippen LogP contribution in [0.15, 0.2) is 0 Å². The minimum atomic E-state index is 0.774. The van der Waals surface area contributed by atoms with Crippen LogP contribution in [0.4, 0.5) is 0 Å². The van der Waals surface area contributed by atoms with Crippen molar-refractivity contribution in [2.75, 3.05) is 4.43 Å². The Bertz CT molecular complexity index is 116. The standard InChI is InChI=1S/C10H19I/c1-3-9-5-6-10(9,4-2)7-8-11/h9H,3-8H2,1-2H3/t9?,10-/m0/s1. The average Bonchev–Trinajstić information content (AvgIpc) is 1.99. The van der Waals surface area contributed by atoms with Gasteiger partial charge in [0, 0.05) is 4.43 Å². The van der Waals surface area contributed by atoms with Gasteiger partial charge in [-0.05, 0) is 30.6 Å². The van der Waals surface area contributed by atoms with Crippen molar-refractivity contribution in [3.8, 4) is 0 Å². The maximum absolute atomic E-state index is 2.52. The zero-order chi connectivity index (χ0) is 8.32. The lowest BCUT2D eigenvalue weighted by molar-refractivity contribution is 0.0201. The third kappa shape index (κ3) is 1.73. The van der Waals surface area contributed by atoms with Gasteiger partial charge in [-0.25, -0.2) is 0 Å². The average molecular weight is 266 g/mol. The Morgan fingerprint density at radius 2 is 2.18 bits per heavy atom. The second kappa shape index (κ2) is 4.11. The molecule has 1 rings (SSSR count). The molecule has 0 aromatic heterocycles. The Balaban J connectivity index is 2.46. The molecular formula is C10H19I. The molecule has 11 heavy (non-hydrogen) atoms. The summed E-state index contributed by atoms with van der Waals surface area (Å²) in [5.41, 5.74) is 0.774. The van der Waals surface area contributed by atoms with E-state index in [-0.39, 0.29) is 0 Å². The summed E-state index contributed by atoms with van der Waals surface area (Å²) in [5, 5.41) is 0. The van der Waals surface area contributed by atoms with Crippen LogP contribution in [0.25, 0.3) is 0 Å². The van der Waals surface area contributed by atoms with Gasteiger partial charge in [-0.1, -0.05) is 49.3 Å². The molecule has 0 nitrogen and oxygen atoms in total. The number of hydrogen-bond acceptors (Lipinski definition) is 0. The highest BCUT2D eigenvalue weighted by atomic mass is 127. The Hall–Kier alpha value is 0.730. The minimum Gasteiger partial charge on any atom is -0.0864 e. The second-order valence-electron chi connectivity index (χ2n) is 3.80. The third-order valence-electron chi connectivity index (χ3n) is 3.65. The van der Waals surface area contributed by atoms with E-state index >= 15 is 0 Å². The van der Waals surface area contributed by atoms with Gasteiger partial charge >= 0.3 is 0 Å². The van der Waals surface area contributed by atoms with E-state index in [0.29, 0.717) is 0 Å². The molecule has 1 fully saturated rings. The van der Waals surface area contributed by atoms with Gasteiger partial charge in [0.2, 0.25) is 0 Å². The van der Waals surface area contributed by atoms with Crippen molar-refractivity contribution < 1.29 is 0 Å². The molecule has 1 saturated carbocycles. The van der Waals surface area contributed by atoms with E-state index in [1.807, 2.05) is 0 Å². The molecule has 0 bridgehead atoms. The van der Waals surface area contributed by atoms with Gasteiger partial charge in [-0.15, -0.1) is 0 Å². The van der Waals surface area contributed by atoms with Crippen molar-refractivity contribution in [2.45, 2.75) is 46.0 Å². The highest BCUT2D eigenvalue weighted by Gasteiger charge is 2.42. The summed E-state index contributed by atoms with van der Waals surface area (Å²) in [6, 6.07) is 0. The van der Waals surface area contributed by atoms with Crippen LogP contribution in [0.2, 0.25) is 0 Å². The molecule has 1 aliphatic carbocycles. The summed E-state index contributed by atoms with van der Waals surface area (Å²) in [6.45, 7) is 4.72. The van der Waals surface area contributed by atoms with Crippen molar-refractivity contribution in [3.05, 3.63) is 0 Å². The molecule has 0 aromatic carbocycles. The molecule has 0 saturated heterocycles. The first-order valence-electron chi connectivity index (χ1n) is 4.85. The van der Waals surface area contributed by atoms with Gasteiger partial charge in [-0.3, -0.25) is 0 Å². The second-order valence-corrected chi connectivity index (χ2v) is 4.88.